The summed E-state index contributed by atoms with van der Waals surface area (Å²) in [5, 5.41) is 5.57. The van der Waals surface area contributed by atoms with Gasteiger partial charge in [0.05, 0.1) is 6.54 Å². The van der Waals surface area contributed by atoms with E-state index < -0.39 is 12.8 Å². The van der Waals surface area contributed by atoms with Crippen LogP contribution in [-0.2, 0) is 4.79 Å². The molecule has 0 radical (unpaired) electrons. The predicted molar refractivity (Wildman–Crippen MR) is 86.3 cm³/mol. The van der Waals surface area contributed by atoms with Crippen LogP contribution >= 0.6 is 0 Å². The molecule has 1 amide bonds. The lowest BCUT2D eigenvalue weighted by molar-refractivity contribution is -0.153. The maximum Gasteiger partial charge on any atom is 0.422 e. The number of ether oxygens (including phenoxy) is 1. The summed E-state index contributed by atoms with van der Waals surface area (Å²) >= 11 is 0. The molecule has 0 spiro atoms. The molecular weight excluding hydrogens is 321 g/mol. The lowest BCUT2D eigenvalue weighted by Crippen LogP contribution is -2.22. The first kappa shape index (κ1) is 17.7. The molecule has 4 nitrogen and oxygen atoms in total. The lowest BCUT2D eigenvalue weighted by Gasteiger charge is -2.11. The van der Waals surface area contributed by atoms with Gasteiger partial charge in [0, 0.05) is 17.4 Å². The van der Waals surface area contributed by atoms with E-state index in [4.69, 9.17) is 0 Å². The monoisotopic (exact) mass is 338 g/mol. The smallest absolute Gasteiger partial charge is 0.422 e. The van der Waals surface area contributed by atoms with Gasteiger partial charge in [-0.05, 0) is 36.8 Å². The minimum absolute atomic E-state index is 0.0172. The molecule has 0 unspecified atom stereocenters. The first-order valence-electron chi connectivity index (χ1n) is 7.22. The fourth-order valence-corrected chi connectivity index (χ4v) is 1.97. The van der Waals surface area contributed by atoms with Gasteiger partial charge in [-0.25, -0.2) is 0 Å². The van der Waals surface area contributed by atoms with E-state index in [0.717, 1.165) is 5.56 Å². The summed E-state index contributed by atoms with van der Waals surface area (Å²) in [6.07, 6.45) is -4.39. The molecule has 0 fully saturated rings. The number of hydrogen-bond donors (Lipinski definition) is 2. The third-order valence-corrected chi connectivity index (χ3v) is 2.99. The Balaban J connectivity index is 1.86. The molecule has 0 saturated heterocycles. The number of nitrogens with one attached hydrogen (secondary N) is 2. The highest BCUT2D eigenvalue weighted by Crippen LogP contribution is 2.21. The molecule has 2 N–H and O–H groups in total. The number of carbonyl (C=O) groups is 1. The second-order valence-electron chi connectivity index (χ2n) is 5.20. The number of carbonyl (C=O) groups excluding carboxylic acids is 1. The zero-order valence-electron chi connectivity index (χ0n) is 13.0. The van der Waals surface area contributed by atoms with Crippen molar-refractivity contribution in [2.75, 3.05) is 23.8 Å². The van der Waals surface area contributed by atoms with Crippen molar-refractivity contribution in [2.45, 2.75) is 13.1 Å². The Labute approximate surface area is 137 Å². The van der Waals surface area contributed by atoms with Crippen LogP contribution in [0.2, 0.25) is 0 Å². The molecule has 7 heteroatoms. The van der Waals surface area contributed by atoms with Crippen molar-refractivity contribution < 1.29 is 22.7 Å². The van der Waals surface area contributed by atoms with Crippen LogP contribution in [0.15, 0.2) is 48.5 Å². The van der Waals surface area contributed by atoms with Gasteiger partial charge in [-0.1, -0.05) is 18.2 Å². The van der Waals surface area contributed by atoms with E-state index in [0.29, 0.717) is 11.4 Å². The molecule has 0 aliphatic rings. The summed E-state index contributed by atoms with van der Waals surface area (Å²) < 4.78 is 41.1. The summed E-state index contributed by atoms with van der Waals surface area (Å²) in [5.41, 5.74) is 2.20. The fraction of sp³-hybridized carbons (Fsp3) is 0.235. The SMILES string of the molecule is Cc1cccc(NC(=O)CNc2cccc(OCC(F)(F)F)c2)c1. The Morgan fingerprint density at radius 2 is 1.79 bits per heavy atom. The minimum Gasteiger partial charge on any atom is -0.484 e. The fourth-order valence-electron chi connectivity index (χ4n) is 1.97. The van der Waals surface area contributed by atoms with Crippen LogP contribution in [0.5, 0.6) is 5.75 Å². The van der Waals surface area contributed by atoms with Gasteiger partial charge in [-0.3, -0.25) is 4.79 Å². The molecule has 2 aromatic rings. The molecule has 0 aromatic heterocycles. The number of aryl methyl sites for hydroxylation is 1. The van der Waals surface area contributed by atoms with E-state index in [-0.39, 0.29) is 18.2 Å². The minimum atomic E-state index is -4.39. The Morgan fingerprint density at radius 1 is 1.08 bits per heavy atom. The van der Waals surface area contributed by atoms with Crippen LogP contribution in [0.25, 0.3) is 0 Å². The van der Waals surface area contributed by atoms with E-state index in [1.54, 1.807) is 18.2 Å². The van der Waals surface area contributed by atoms with Gasteiger partial charge in [0.25, 0.3) is 0 Å². The molecule has 0 aliphatic carbocycles. The molecule has 0 aliphatic heterocycles. The zero-order valence-corrected chi connectivity index (χ0v) is 13.0. The number of alkyl halides is 3. The largest absolute Gasteiger partial charge is 0.484 e. The van der Waals surface area contributed by atoms with Gasteiger partial charge < -0.3 is 15.4 Å². The molecule has 0 saturated carbocycles. The zero-order chi connectivity index (χ0) is 17.6. The van der Waals surface area contributed by atoms with Crippen LogP contribution in [0, 0.1) is 6.92 Å². The van der Waals surface area contributed by atoms with Crippen LogP contribution in [0.1, 0.15) is 5.56 Å². The van der Waals surface area contributed by atoms with Crippen molar-refractivity contribution in [3.05, 3.63) is 54.1 Å². The molecule has 2 aromatic carbocycles. The van der Waals surface area contributed by atoms with Crippen molar-refractivity contribution in [3.63, 3.8) is 0 Å². The van der Waals surface area contributed by atoms with E-state index in [1.165, 1.54) is 12.1 Å². The van der Waals surface area contributed by atoms with Crippen molar-refractivity contribution >= 4 is 17.3 Å². The Kier molecular flexibility index (Phi) is 5.68. The quantitative estimate of drug-likeness (QED) is 0.837. The van der Waals surface area contributed by atoms with Crippen molar-refractivity contribution in [3.8, 4) is 5.75 Å². The summed E-state index contributed by atoms with van der Waals surface area (Å²) in [5.74, 6) is -0.182. The third kappa shape index (κ3) is 6.20. The number of anilines is 2. The maximum atomic E-state index is 12.1. The van der Waals surface area contributed by atoms with Crippen LogP contribution in [0.4, 0.5) is 24.5 Å². The molecule has 0 atom stereocenters. The van der Waals surface area contributed by atoms with Gasteiger partial charge in [-0.15, -0.1) is 0 Å². The number of hydrogen-bond acceptors (Lipinski definition) is 3. The maximum absolute atomic E-state index is 12.1. The highest BCUT2D eigenvalue weighted by atomic mass is 19.4. The molecule has 0 heterocycles. The highest BCUT2D eigenvalue weighted by molar-refractivity contribution is 5.93. The summed E-state index contributed by atoms with van der Waals surface area (Å²) in [7, 11) is 0. The molecule has 0 bridgehead atoms. The summed E-state index contributed by atoms with van der Waals surface area (Å²) in [6, 6.07) is 13.4. The third-order valence-electron chi connectivity index (χ3n) is 2.99. The number of amides is 1. The highest BCUT2D eigenvalue weighted by Gasteiger charge is 2.28. The average Bonchev–Trinajstić information content (AvgIpc) is 2.51. The topological polar surface area (TPSA) is 50.4 Å². The van der Waals surface area contributed by atoms with E-state index >= 15 is 0 Å². The van der Waals surface area contributed by atoms with Crippen LogP contribution < -0.4 is 15.4 Å². The van der Waals surface area contributed by atoms with Crippen LogP contribution in [0.3, 0.4) is 0 Å². The molecule has 128 valence electrons. The Bertz CT molecular complexity index is 702. The van der Waals surface area contributed by atoms with Gasteiger partial charge in [0.1, 0.15) is 5.75 Å². The number of benzene rings is 2. The average molecular weight is 338 g/mol. The number of halogens is 3. The van der Waals surface area contributed by atoms with E-state index in [9.17, 15) is 18.0 Å². The standard InChI is InChI=1S/C17H17F3N2O2/c1-12-4-2-6-14(8-12)22-16(23)10-21-13-5-3-7-15(9-13)24-11-17(18,19)20/h2-9,21H,10-11H2,1H3,(H,22,23). The van der Waals surface area contributed by atoms with Gasteiger partial charge in [0.2, 0.25) is 5.91 Å². The van der Waals surface area contributed by atoms with Crippen molar-refractivity contribution in [2.24, 2.45) is 0 Å². The van der Waals surface area contributed by atoms with Gasteiger partial charge in [-0.2, -0.15) is 13.2 Å². The van der Waals surface area contributed by atoms with E-state index in [2.05, 4.69) is 15.4 Å². The van der Waals surface area contributed by atoms with E-state index in [1.807, 2.05) is 25.1 Å². The Hall–Kier alpha value is -2.70. The Morgan fingerprint density at radius 3 is 2.50 bits per heavy atom. The second kappa shape index (κ2) is 7.72. The number of rotatable bonds is 6. The lowest BCUT2D eigenvalue weighted by atomic mass is 10.2. The van der Waals surface area contributed by atoms with Gasteiger partial charge >= 0.3 is 6.18 Å². The normalized spacial score (nSPS) is 11.0. The summed E-state index contributed by atoms with van der Waals surface area (Å²) in [6.45, 7) is 0.543. The van der Waals surface area contributed by atoms with Crippen LogP contribution in [-0.4, -0.2) is 25.2 Å². The first-order valence-corrected chi connectivity index (χ1v) is 7.22. The summed E-state index contributed by atoms with van der Waals surface area (Å²) in [4.78, 5) is 11.9. The molecular formula is C17H17F3N2O2. The van der Waals surface area contributed by atoms with Gasteiger partial charge in [0.15, 0.2) is 6.61 Å². The predicted octanol–water partition coefficient (Wildman–Crippen LogP) is 3.99. The molecule has 24 heavy (non-hydrogen) atoms. The second-order valence-corrected chi connectivity index (χ2v) is 5.20. The first-order chi connectivity index (χ1) is 11.3. The molecule has 2 rings (SSSR count). The van der Waals surface area contributed by atoms with Crippen molar-refractivity contribution in [1.29, 1.82) is 0 Å². The van der Waals surface area contributed by atoms with Crippen molar-refractivity contribution in [1.82, 2.24) is 0 Å².